The second-order valence-electron chi connectivity index (χ2n) is 2.95. The number of benzene rings is 1. The average Bonchev–Trinajstić information content (AvgIpc) is 2.25. The smallest absolute Gasteiger partial charge is 1.00 e. The van der Waals surface area contributed by atoms with Crippen LogP contribution in [0.4, 0.5) is 4.79 Å². The van der Waals surface area contributed by atoms with Crippen LogP contribution in [0.1, 0.15) is 20.1 Å². The van der Waals surface area contributed by atoms with Crippen LogP contribution in [-0.2, 0) is 9.63 Å². The van der Waals surface area contributed by atoms with Crippen molar-refractivity contribution in [1.29, 1.82) is 0 Å². The van der Waals surface area contributed by atoms with Crippen molar-refractivity contribution in [3.05, 3.63) is 29.8 Å². The summed E-state index contributed by atoms with van der Waals surface area (Å²) in [5.74, 6) is -1.43. The zero-order valence-electron chi connectivity index (χ0n) is 11.6. The molecule has 0 aliphatic rings. The SMILES string of the molecule is CC(=O)Oc1ccccc1C(=O)ONC(N)=O.[Ca+2].[H-].[H-]. The standard InChI is InChI=1S/C10H10N2O5.Ca.2H/c1-6(13)16-8-5-3-2-4-7(8)9(14)17-12-10(11)15;;;/h2-5H,1H3,(H3,11,12,15);;;/q;+2;2*-1. The van der Waals surface area contributed by atoms with Crippen molar-refractivity contribution in [2.45, 2.75) is 6.92 Å². The quantitative estimate of drug-likeness (QED) is 0.348. The molecular weight excluding hydrogens is 268 g/mol. The third-order valence-corrected chi connectivity index (χ3v) is 1.60. The van der Waals surface area contributed by atoms with Gasteiger partial charge in [-0.15, -0.1) is 0 Å². The molecule has 1 rings (SSSR count). The monoisotopic (exact) mass is 280 g/mol. The summed E-state index contributed by atoms with van der Waals surface area (Å²) in [6.45, 7) is 1.20. The van der Waals surface area contributed by atoms with E-state index in [0.717, 1.165) is 0 Å². The van der Waals surface area contributed by atoms with Gasteiger partial charge in [-0.05, 0) is 12.1 Å². The zero-order chi connectivity index (χ0) is 12.8. The van der Waals surface area contributed by atoms with Crippen LogP contribution in [0, 0.1) is 0 Å². The van der Waals surface area contributed by atoms with E-state index in [0.29, 0.717) is 0 Å². The normalized spacial score (nSPS) is 8.72. The fourth-order valence-electron chi connectivity index (χ4n) is 1.03. The summed E-state index contributed by atoms with van der Waals surface area (Å²) in [5.41, 5.74) is 6.39. The number of amides is 2. The average molecular weight is 280 g/mol. The predicted octanol–water partition coefficient (Wildman–Crippen LogP) is 0.196. The van der Waals surface area contributed by atoms with Gasteiger partial charge in [0.25, 0.3) is 0 Å². The molecule has 0 aromatic heterocycles. The summed E-state index contributed by atoms with van der Waals surface area (Å²) in [5, 5.41) is 0. The summed E-state index contributed by atoms with van der Waals surface area (Å²) in [7, 11) is 0. The largest absolute Gasteiger partial charge is 2.00 e. The van der Waals surface area contributed by atoms with Gasteiger partial charge >= 0.3 is 55.7 Å². The number of hydroxylamine groups is 1. The molecule has 7 nitrogen and oxygen atoms in total. The first kappa shape index (κ1) is 16.7. The Hall–Kier alpha value is -1.31. The molecule has 0 unspecified atom stereocenters. The number of carbonyl (C=O) groups excluding carboxylic acids is 3. The molecule has 2 amide bonds. The van der Waals surface area contributed by atoms with Crippen LogP contribution < -0.4 is 16.0 Å². The van der Waals surface area contributed by atoms with Gasteiger partial charge in [0.2, 0.25) is 0 Å². The van der Waals surface area contributed by atoms with Gasteiger partial charge < -0.3 is 18.2 Å². The summed E-state index contributed by atoms with van der Waals surface area (Å²) in [6, 6.07) is 4.92. The number of esters is 1. The molecule has 8 heteroatoms. The summed E-state index contributed by atoms with van der Waals surface area (Å²) < 4.78 is 4.79. The second-order valence-corrected chi connectivity index (χ2v) is 2.95. The minimum atomic E-state index is -1.01. The number of primary amides is 1. The van der Waals surface area contributed by atoms with E-state index in [2.05, 4.69) is 4.84 Å². The van der Waals surface area contributed by atoms with E-state index in [-0.39, 0.29) is 51.9 Å². The van der Waals surface area contributed by atoms with E-state index in [9.17, 15) is 14.4 Å². The van der Waals surface area contributed by atoms with E-state index >= 15 is 0 Å². The van der Waals surface area contributed by atoms with Crippen molar-refractivity contribution in [1.82, 2.24) is 5.48 Å². The summed E-state index contributed by atoms with van der Waals surface area (Å²) >= 11 is 0. The molecule has 0 aliphatic heterocycles. The minimum absolute atomic E-state index is 0. The Morgan fingerprint density at radius 3 is 2.44 bits per heavy atom. The number of rotatable bonds is 2. The first-order valence-corrected chi connectivity index (χ1v) is 4.54. The molecule has 18 heavy (non-hydrogen) atoms. The first-order valence-electron chi connectivity index (χ1n) is 4.54. The zero-order valence-corrected chi connectivity index (χ0v) is 11.8. The molecule has 0 atom stereocenters. The van der Waals surface area contributed by atoms with Crippen LogP contribution in [-0.4, -0.2) is 55.7 Å². The molecule has 0 radical (unpaired) electrons. The molecule has 0 saturated heterocycles. The van der Waals surface area contributed by atoms with Crippen LogP contribution in [0.2, 0.25) is 0 Å². The maximum absolute atomic E-state index is 11.5. The van der Waals surface area contributed by atoms with Crippen molar-refractivity contribution < 1.29 is 26.8 Å². The predicted molar refractivity (Wildman–Crippen MR) is 63.9 cm³/mol. The van der Waals surface area contributed by atoms with E-state index in [1.807, 2.05) is 0 Å². The van der Waals surface area contributed by atoms with Gasteiger partial charge in [0.1, 0.15) is 11.3 Å². The topological polar surface area (TPSA) is 108 Å². The summed E-state index contributed by atoms with van der Waals surface area (Å²) in [4.78, 5) is 37.0. The van der Waals surface area contributed by atoms with Gasteiger partial charge in [0, 0.05) is 6.92 Å². The van der Waals surface area contributed by atoms with Crippen molar-refractivity contribution in [3.63, 3.8) is 0 Å². The van der Waals surface area contributed by atoms with E-state index in [4.69, 9.17) is 10.5 Å². The molecule has 0 bridgehead atoms. The third kappa shape index (κ3) is 5.35. The van der Waals surface area contributed by atoms with Gasteiger partial charge in [-0.25, -0.2) is 9.59 Å². The Labute approximate surface area is 136 Å². The van der Waals surface area contributed by atoms with Crippen LogP contribution in [0.15, 0.2) is 24.3 Å². The van der Waals surface area contributed by atoms with Gasteiger partial charge in [0.15, 0.2) is 0 Å². The van der Waals surface area contributed by atoms with Gasteiger partial charge in [-0.1, -0.05) is 12.1 Å². The van der Waals surface area contributed by atoms with Crippen molar-refractivity contribution in [2.24, 2.45) is 5.73 Å². The molecule has 0 heterocycles. The number of urea groups is 1. The maximum atomic E-state index is 11.5. The number of hydrogen-bond donors (Lipinski definition) is 2. The molecule has 0 spiro atoms. The Kier molecular flexibility index (Phi) is 7.33. The van der Waals surface area contributed by atoms with Crippen LogP contribution >= 0.6 is 0 Å². The second kappa shape index (κ2) is 7.91. The van der Waals surface area contributed by atoms with Gasteiger partial charge in [0.05, 0.1) is 0 Å². The number of ether oxygens (including phenoxy) is 1. The molecule has 1 aromatic rings. The van der Waals surface area contributed by atoms with Crippen molar-refractivity contribution >= 4 is 55.7 Å². The van der Waals surface area contributed by atoms with E-state index < -0.39 is 18.0 Å². The fraction of sp³-hybridized carbons (Fsp3) is 0.100. The molecule has 0 saturated carbocycles. The molecule has 1 aromatic carbocycles. The molecule has 94 valence electrons. The van der Waals surface area contributed by atoms with Crippen LogP contribution in [0.5, 0.6) is 5.75 Å². The maximum Gasteiger partial charge on any atom is 2.00 e. The third-order valence-electron chi connectivity index (χ3n) is 1.60. The number of nitrogens with one attached hydrogen (secondary N) is 1. The van der Waals surface area contributed by atoms with Crippen LogP contribution in [0.3, 0.4) is 0 Å². The molecule has 0 fully saturated rings. The van der Waals surface area contributed by atoms with Crippen molar-refractivity contribution in [2.75, 3.05) is 0 Å². The molecule has 0 aliphatic carbocycles. The van der Waals surface area contributed by atoms with E-state index in [1.165, 1.54) is 19.1 Å². The van der Waals surface area contributed by atoms with Crippen molar-refractivity contribution in [3.8, 4) is 5.75 Å². The Bertz CT molecular complexity index is 473. The number of hydrogen-bond acceptors (Lipinski definition) is 5. The number of para-hydroxylation sites is 1. The molecular formula is C10H12CaN2O5. The number of nitrogens with two attached hydrogens (primary N) is 1. The Morgan fingerprint density at radius 2 is 1.89 bits per heavy atom. The number of carbonyl (C=O) groups is 3. The Balaban J connectivity index is -0.000000963. The van der Waals surface area contributed by atoms with E-state index in [1.54, 1.807) is 17.6 Å². The Morgan fingerprint density at radius 1 is 1.28 bits per heavy atom. The van der Waals surface area contributed by atoms with Gasteiger partial charge in [-0.3, -0.25) is 4.79 Å². The first-order chi connectivity index (χ1) is 8.00. The minimum Gasteiger partial charge on any atom is -1.00 e. The van der Waals surface area contributed by atoms with Crippen LogP contribution in [0.25, 0.3) is 0 Å². The molecule has 3 N–H and O–H groups in total. The van der Waals surface area contributed by atoms with Gasteiger partial charge in [-0.2, -0.15) is 5.48 Å². The summed E-state index contributed by atoms with van der Waals surface area (Å²) in [6.07, 6.45) is 0. The fourth-order valence-corrected chi connectivity index (χ4v) is 1.03.